The summed E-state index contributed by atoms with van der Waals surface area (Å²) in [5.41, 5.74) is 2.20. The fourth-order valence-electron chi connectivity index (χ4n) is 4.65. The van der Waals surface area contributed by atoms with Crippen molar-refractivity contribution in [2.24, 2.45) is 0 Å². The van der Waals surface area contributed by atoms with Crippen LogP contribution in [0.3, 0.4) is 0 Å². The second-order valence-corrected chi connectivity index (χ2v) is 9.37. The molecular weight excluding hydrogens is 524 g/mol. The van der Waals surface area contributed by atoms with Crippen LogP contribution < -0.4 is 15.4 Å². The second-order valence-electron chi connectivity index (χ2n) is 9.37. The van der Waals surface area contributed by atoms with Gasteiger partial charge in [0.05, 0.1) is 17.9 Å². The van der Waals surface area contributed by atoms with E-state index in [9.17, 15) is 13.6 Å². The van der Waals surface area contributed by atoms with Crippen LogP contribution in [0.5, 0.6) is 5.75 Å². The summed E-state index contributed by atoms with van der Waals surface area (Å²) in [4.78, 5) is 19.2. The molecule has 1 aliphatic rings. The number of aromatic nitrogens is 9. The smallest absolute Gasteiger partial charge is 0.387 e. The lowest BCUT2D eigenvalue weighted by Crippen LogP contribution is -2.30. The Balaban J connectivity index is 1.35. The average molecular weight is 550 g/mol. The van der Waals surface area contributed by atoms with Crippen molar-refractivity contribution in [3.05, 3.63) is 66.0 Å². The molecule has 2 N–H and O–H groups in total. The number of fused-ring (bicyclic) bond motifs is 1. The van der Waals surface area contributed by atoms with Gasteiger partial charge < -0.3 is 15.4 Å². The number of alkyl halides is 2. The van der Waals surface area contributed by atoms with E-state index in [1.807, 2.05) is 6.92 Å². The fourth-order valence-corrected chi connectivity index (χ4v) is 4.65. The van der Waals surface area contributed by atoms with Gasteiger partial charge in [0.2, 0.25) is 0 Å². The lowest BCUT2D eigenvalue weighted by atomic mass is 10.1. The molecule has 1 saturated heterocycles. The van der Waals surface area contributed by atoms with Gasteiger partial charge in [-0.05, 0) is 56.3 Å². The van der Waals surface area contributed by atoms with Gasteiger partial charge in [-0.25, -0.2) is 9.50 Å². The molecule has 4 aromatic heterocycles. The molecular formula is C25H25F2N11O2. The molecule has 1 aromatic carbocycles. The number of carbonyl (C=O) groups excluding carboxylic acids is 1. The molecule has 0 radical (unpaired) electrons. The molecule has 0 spiro atoms. The maximum Gasteiger partial charge on any atom is 0.387 e. The van der Waals surface area contributed by atoms with Gasteiger partial charge in [-0.3, -0.25) is 9.48 Å². The molecule has 5 aromatic rings. The van der Waals surface area contributed by atoms with E-state index in [0.29, 0.717) is 17.0 Å². The van der Waals surface area contributed by atoms with Gasteiger partial charge in [-0.1, -0.05) is 11.6 Å². The third-order valence-electron chi connectivity index (χ3n) is 6.55. The highest BCUT2D eigenvalue weighted by molar-refractivity contribution is 6.09. The van der Waals surface area contributed by atoms with Crippen molar-refractivity contribution in [3.8, 4) is 17.0 Å². The summed E-state index contributed by atoms with van der Waals surface area (Å²) in [7, 11) is 0. The number of aryl methyl sites for hydroxylation is 1. The summed E-state index contributed by atoms with van der Waals surface area (Å²) >= 11 is 0. The molecule has 206 valence electrons. The summed E-state index contributed by atoms with van der Waals surface area (Å²) in [5.74, 6) is -0.145. The number of carbonyl (C=O) groups is 1. The van der Waals surface area contributed by atoms with Crippen LogP contribution in [0.25, 0.3) is 16.9 Å². The lowest BCUT2D eigenvalue weighted by molar-refractivity contribution is -0.0494. The number of halogens is 2. The molecule has 0 saturated carbocycles. The predicted molar refractivity (Wildman–Crippen MR) is 138 cm³/mol. The van der Waals surface area contributed by atoms with Crippen molar-refractivity contribution < 1.29 is 18.3 Å². The van der Waals surface area contributed by atoms with Gasteiger partial charge >= 0.3 is 6.61 Å². The Hall–Kier alpha value is -4.79. The number of nitrogens with zero attached hydrogens (tertiary/aromatic N) is 9. The Labute approximate surface area is 226 Å². The first kappa shape index (κ1) is 25.5. The minimum atomic E-state index is -3.04. The lowest BCUT2D eigenvalue weighted by Gasteiger charge is -2.20. The number of benzene rings is 1. The third kappa shape index (κ3) is 5.22. The number of anilines is 1. The summed E-state index contributed by atoms with van der Waals surface area (Å²) < 4.78 is 34.3. The molecule has 1 amide bonds. The number of tetrazole rings is 1. The number of hydrogen-bond acceptors (Lipinski definition) is 9. The van der Waals surface area contributed by atoms with Crippen LogP contribution >= 0.6 is 0 Å². The molecule has 6 rings (SSSR count). The third-order valence-corrected chi connectivity index (χ3v) is 6.55. The zero-order chi connectivity index (χ0) is 27.6. The topological polar surface area (TPSA) is 142 Å². The number of nitrogens with one attached hydrogen (secondary N) is 2. The molecule has 13 nitrogen and oxygen atoms in total. The highest BCUT2D eigenvalue weighted by Gasteiger charge is 2.23. The van der Waals surface area contributed by atoms with Crippen molar-refractivity contribution in [1.29, 1.82) is 0 Å². The van der Waals surface area contributed by atoms with E-state index in [1.54, 1.807) is 41.6 Å². The molecule has 40 heavy (non-hydrogen) atoms. The van der Waals surface area contributed by atoms with Crippen LogP contribution in [0.15, 0.2) is 49.1 Å². The highest BCUT2D eigenvalue weighted by Crippen LogP contribution is 2.36. The average Bonchev–Trinajstić information content (AvgIpc) is 3.69. The summed E-state index contributed by atoms with van der Waals surface area (Å²) in [6, 6.07) is 6.63. The van der Waals surface area contributed by atoms with Gasteiger partial charge in [-0.15, -0.1) is 10.2 Å². The monoisotopic (exact) mass is 549 g/mol. The number of ether oxygens (including phenoxy) is 1. The molecule has 1 fully saturated rings. The Morgan fingerprint density at radius 2 is 2.10 bits per heavy atom. The van der Waals surface area contributed by atoms with Crippen LogP contribution in [0.1, 0.15) is 40.6 Å². The van der Waals surface area contributed by atoms with Gasteiger partial charge in [0.25, 0.3) is 5.91 Å². The van der Waals surface area contributed by atoms with E-state index in [4.69, 9.17) is 4.74 Å². The minimum Gasteiger partial charge on any atom is -0.434 e. The van der Waals surface area contributed by atoms with Gasteiger partial charge in [0.1, 0.15) is 23.6 Å². The molecule has 0 aliphatic carbocycles. The molecule has 1 aliphatic heterocycles. The summed E-state index contributed by atoms with van der Waals surface area (Å²) in [6.45, 7) is 0.686. The van der Waals surface area contributed by atoms with Gasteiger partial charge in [-0.2, -0.15) is 23.8 Å². The zero-order valence-corrected chi connectivity index (χ0v) is 21.4. The van der Waals surface area contributed by atoms with Crippen LogP contribution in [-0.4, -0.2) is 70.2 Å². The van der Waals surface area contributed by atoms with Crippen molar-refractivity contribution in [1.82, 2.24) is 49.9 Å². The number of piperidine rings is 1. The van der Waals surface area contributed by atoms with Crippen LogP contribution in [0, 0.1) is 6.92 Å². The molecule has 0 atom stereocenters. The Kier molecular flexibility index (Phi) is 6.86. The van der Waals surface area contributed by atoms with E-state index in [-0.39, 0.29) is 35.3 Å². The van der Waals surface area contributed by atoms with Gasteiger partial charge in [0, 0.05) is 24.2 Å². The Morgan fingerprint density at radius 1 is 1.25 bits per heavy atom. The largest absolute Gasteiger partial charge is 0.434 e. The Bertz CT molecular complexity index is 1660. The maximum atomic E-state index is 13.3. The molecule has 0 unspecified atom stereocenters. The summed E-state index contributed by atoms with van der Waals surface area (Å²) in [5, 5.41) is 27.8. The molecule has 15 heteroatoms. The quantitative estimate of drug-likeness (QED) is 0.299. The van der Waals surface area contributed by atoms with E-state index in [1.165, 1.54) is 21.5 Å². The van der Waals surface area contributed by atoms with Crippen LogP contribution in [0.4, 0.5) is 14.5 Å². The first-order valence-corrected chi connectivity index (χ1v) is 12.7. The predicted octanol–water partition coefficient (Wildman–Crippen LogP) is 2.71. The van der Waals surface area contributed by atoms with E-state index < -0.39 is 12.5 Å². The first-order chi connectivity index (χ1) is 19.4. The van der Waals surface area contributed by atoms with Crippen LogP contribution in [0.2, 0.25) is 0 Å². The van der Waals surface area contributed by atoms with Gasteiger partial charge in [0.15, 0.2) is 11.5 Å². The van der Waals surface area contributed by atoms with Crippen molar-refractivity contribution in [2.45, 2.75) is 39.0 Å². The second kappa shape index (κ2) is 10.8. The zero-order valence-electron chi connectivity index (χ0n) is 21.4. The maximum absolute atomic E-state index is 13.3. The molecule has 0 bridgehead atoms. The number of hydrogen-bond donors (Lipinski definition) is 2. The van der Waals surface area contributed by atoms with Crippen molar-refractivity contribution in [2.75, 3.05) is 18.4 Å². The molecule has 5 heterocycles. The minimum absolute atomic E-state index is 0.0750. The standard InChI is InChI=1S/C25H25F2N11O2/c1-15-3-4-20(40-25(26)27)17(11-15)22-19(31-24(39)18-12-30-37-10-2-7-29-23(18)37)13-36(34-22)14-21-32-35-38(33-21)16-5-8-28-9-6-16/h2-4,7,10-13,16,25,28H,5-6,8-9,14H2,1H3,(H,31,39). The van der Waals surface area contributed by atoms with Crippen molar-refractivity contribution >= 4 is 17.2 Å². The fraction of sp³-hybridized carbons (Fsp3) is 0.320. The highest BCUT2D eigenvalue weighted by atomic mass is 19.3. The SMILES string of the molecule is Cc1ccc(OC(F)F)c(-c2nn(Cc3nnn(C4CCNCC4)n3)cc2NC(=O)c2cnn3cccnc23)c1. The van der Waals surface area contributed by atoms with Crippen molar-refractivity contribution in [3.63, 3.8) is 0 Å². The van der Waals surface area contributed by atoms with E-state index in [0.717, 1.165) is 31.5 Å². The number of amides is 1. The number of rotatable bonds is 8. The Morgan fingerprint density at radius 3 is 2.92 bits per heavy atom. The van der Waals surface area contributed by atoms with E-state index in [2.05, 4.69) is 41.2 Å². The van der Waals surface area contributed by atoms with E-state index >= 15 is 0 Å². The van der Waals surface area contributed by atoms with Crippen LogP contribution in [-0.2, 0) is 6.54 Å². The first-order valence-electron chi connectivity index (χ1n) is 12.7. The normalized spacial score (nSPS) is 14.2. The summed E-state index contributed by atoms with van der Waals surface area (Å²) in [6.07, 6.45) is 8.03.